The topological polar surface area (TPSA) is 27.7 Å². The normalized spacial score (nSPS) is 17.5. The van der Waals surface area contributed by atoms with Gasteiger partial charge in [-0.1, -0.05) is 60.2 Å². The van der Waals surface area contributed by atoms with Crippen LogP contribution in [0.1, 0.15) is 34.7 Å². The Morgan fingerprint density at radius 3 is 1.97 bits per heavy atom. The highest BCUT2D eigenvalue weighted by atomic mass is 16.5. The fraction of sp³-hybridized carbons (Fsp3) is 0.231. The Bertz CT molecular complexity index is 1050. The summed E-state index contributed by atoms with van der Waals surface area (Å²) in [6, 6.07) is 21.1. The van der Waals surface area contributed by atoms with Crippen LogP contribution in [0, 0.1) is 6.92 Å². The second-order valence-corrected chi connectivity index (χ2v) is 7.58. The lowest BCUT2D eigenvalue weighted by Crippen LogP contribution is -2.18. The van der Waals surface area contributed by atoms with Crippen molar-refractivity contribution in [3.05, 3.63) is 94.6 Å². The van der Waals surface area contributed by atoms with E-state index >= 15 is 0 Å². The van der Waals surface area contributed by atoms with Gasteiger partial charge in [0.15, 0.2) is 0 Å². The van der Waals surface area contributed by atoms with Gasteiger partial charge in [-0.15, -0.1) is 0 Å². The predicted octanol–water partition coefficient (Wildman–Crippen LogP) is 5.77. The van der Waals surface area contributed by atoms with Crippen molar-refractivity contribution in [2.45, 2.75) is 19.3 Å². The van der Waals surface area contributed by atoms with E-state index in [1.54, 1.807) is 21.3 Å². The van der Waals surface area contributed by atoms with Crippen LogP contribution in [0.5, 0.6) is 17.2 Å². The summed E-state index contributed by atoms with van der Waals surface area (Å²) in [7, 11) is 5.00. The van der Waals surface area contributed by atoms with Crippen LogP contribution >= 0.6 is 0 Å². The largest absolute Gasteiger partial charge is 0.496 e. The maximum absolute atomic E-state index is 5.75. The van der Waals surface area contributed by atoms with Crippen molar-refractivity contribution in [1.29, 1.82) is 0 Å². The summed E-state index contributed by atoms with van der Waals surface area (Å²) in [5.74, 6) is 2.17. The molecule has 1 aliphatic carbocycles. The minimum absolute atomic E-state index is 0.240. The van der Waals surface area contributed by atoms with E-state index in [2.05, 4.69) is 68.5 Å². The first-order valence-electron chi connectivity index (χ1n) is 9.72. The van der Waals surface area contributed by atoms with Crippen molar-refractivity contribution in [3.63, 3.8) is 0 Å². The third kappa shape index (κ3) is 3.07. The predicted molar refractivity (Wildman–Crippen MR) is 117 cm³/mol. The quantitative estimate of drug-likeness (QED) is 0.557. The highest BCUT2D eigenvalue weighted by Gasteiger charge is 2.37. The van der Waals surface area contributed by atoms with Crippen molar-refractivity contribution < 1.29 is 14.2 Å². The van der Waals surface area contributed by atoms with Crippen LogP contribution in [-0.4, -0.2) is 21.3 Å². The molecular formula is C26H26O3. The molecule has 3 aromatic carbocycles. The Kier molecular flexibility index (Phi) is 4.83. The van der Waals surface area contributed by atoms with E-state index in [-0.39, 0.29) is 5.41 Å². The molecule has 29 heavy (non-hydrogen) atoms. The number of benzene rings is 3. The molecule has 4 rings (SSSR count). The zero-order valence-corrected chi connectivity index (χ0v) is 17.6. The Hall–Kier alpha value is -3.20. The summed E-state index contributed by atoms with van der Waals surface area (Å²) in [5, 5.41) is 0. The average molecular weight is 386 g/mol. The molecule has 3 nitrogen and oxygen atoms in total. The number of methoxy groups -OCH3 is 3. The van der Waals surface area contributed by atoms with Gasteiger partial charge in [-0.2, -0.15) is 0 Å². The lowest BCUT2D eigenvalue weighted by Gasteiger charge is -2.25. The lowest BCUT2D eigenvalue weighted by molar-refractivity contribution is 0.374. The third-order valence-electron chi connectivity index (χ3n) is 5.85. The average Bonchev–Trinajstić information content (AvgIpc) is 3.06. The molecule has 0 heterocycles. The molecule has 0 saturated heterocycles. The van der Waals surface area contributed by atoms with Gasteiger partial charge in [0, 0.05) is 17.5 Å². The Morgan fingerprint density at radius 2 is 1.38 bits per heavy atom. The van der Waals surface area contributed by atoms with E-state index in [9.17, 15) is 0 Å². The number of rotatable bonds is 5. The second kappa shape index (κ2) is 7.32. The Labute approximate surface area is 172 Å². The van der Waals surface area contributed by atoms with Crippen LogP contribution in [0.25, 0.3) is 5.57 Å². The summed E-state index contributed by atoms with van der Waals surface area (Å²) in [6.45, 7) is 4.38. The van der Waals surface area contributed by atoms with Gasteiger partial charge in [0.1, 0.15) is 17.2 Å². The molecule has 3 aromatic rings. The minimum Gasteiger partial charge on any atom is -0.496 e. The van der Waals surface area contributed by atoms with Crippen LogP contribution < -0.4 is 14.2 Å². The molecule has 3 heteroatoms. The van der Waals surface area contributed by atoms with Crippen LogP contribution in [0.4, 0.5) is 0 Å². The van der Waals surface area contributed by atoms with Crippen molar-refractivity contribution >= 4 is 5.57 Å². The van der Waals surface area contributed by atoms with E-state index in [1.807, 2.05) is 12.1 Å². The van der Waals surface area contributed by atoms with Crippen molar-refractivity contribution in [3.8, 4) is 17.2 Å². The van der Waals surface area contributed by atoms with Gasteiger partial charge in [0.05, 0.1) is 26.9 Å². The maximum atomic E-state index is 5.75. The van der Waals surface area contributed by atoms with E-state index in [0.29, 0.717) is 5.75 Å². The molecular weight excluding hydrogens is 360 g/mol. The van der Waals surface area contributed by atoms with Gasteiger partial charge in [0.2, 0.25) is 0 Å². The van der Waals surface area contributed by atoms with Gasteiger partial charge in [-0.25, -0.2) is 0 Å². The van der Waals surface area contributed by atoms with Crippen LogP contribution in [-0.2, 0) is 5.41 Å². The van der Waals surface area contributed by atoms with Crippen molar-refractivity contribution in [2.75, 3.05) is 21.3 Å². The second-order valence-electron chi connectivity index (χ2n) is 7.58. The fourth-order valence-electron chi connectivity index (χ4n) is 4.23. The molecule has 0 N–H and O–H groups in total. The summed E-state index contributed by atoms with van der Waals surface area (Å²) in [6.07, 6.45) is 2.33. The molecule has 0 bridgehead atoms. The number of ether oxygens (including phenoxy) is 3. The summed E-state index contributed by atoms with van der Waals surface area (Å²) in [4.78, 5) is 0. The third-order valence-corrected chi connectivity index (χ3v) is 5.85. The van der Waals surface area contributed by atoms with Gasteiger partial charge >= 0.3 is 0 Å². The molecule has 1 aliphatic rings. The number of allylic oxidation sites excluding steroid dienone is 1. The number of aryl methyl sites for hydroxylation is 1. The Balaban J connectivity index is 1.99. The molecule has 0 aromatic heterocycles. The highest BCUT2D eigenvalue weighted by Crippen LogP contribution is 2.51. The highest BCUT2D eigenvalue weighted by molar-refractivity contribution is 5.92. The van der Waals surface area contributed by atoms with E-state index in [1.165, 1.54) is 22.3 Å². The molecule has 0 aliphatic heterocycles. The summed E-state index contributed by atoms with van der Waals surface area (Å²) >= 11 is 0. The van der Waals surface area contributed by atoms with Gasteiger partial charge in [-0.3, -0.25) is 0 Å². The molecule has 1 atom stereocenters. The van der Waals surface area contributed by atoms with Gasteiger partial charge < -0.3 is 14.2 Å². The first-order valence-corrected chi connectivity index (χ1v) is 9.72. The molecule has 0 amide bonds. The fourth-order valence-corrected chi connectivity index (χ4v) is 4.23. The molecule has 0 radical (unpaired) electrons. The molecule has 1 unspecified atom stereocenters. The van der Waals surface area contributed by atoms with E-state index < -0.39 is 0 Å². The number of hydrogen-bond donors (Lipinski definition) is 0. The SMILES string of the molecule is COc1cc(OC)c(C2=CC(C)(c3ccc(C)cc3)c3ccccc32)c(OC)c1. The van der Waals surface area contributed by atoms with Crippen LogP contribution in [0.15, 0.2) is 66.7 Å². The van der Waals surface area contributed by atoms with Crippen molar-refractivity contribution in [1.82, 2.24) is 0 Å². The number of fused-ring (bicyclic) bond motifs is 1. The van der Waals surface area contributed by atoms with E-state index in [0.717, 1.165) is 22.6 Å². The maximum Gasteiger partial charge on any atom is 0.134 e. The molecule has 148 valence electrons. The molecule has 0 spiro atoms. The van der Waals surface area contributed by atoms with E-state index in [4.69, 9.17) is 14.2 Å². The van der Waals surface area contributed by atoms with Crippen LogP contribution in [0.3, 0.4) is 0 Å². The summed E-state index contributed by atoms with van der Waals surface area (Å²) in [5.41, 5.74) is 6.80. The van der Waals surface area contributed by atoms with Crippen LogP contribution in [0.2, 0.25) is 0 Å². The standard InChI is InChI=1S/C26H26O3/c1-17-10-12-18(13-11-17)26(2)16-21(20-8-6-7-9-22(20)26)25-23(28-4)14-19(27-3)15-24(25)29-5/h6-16H,1-5H3. The summed E-state index contributed by atoms with van der Waals surface area (Å²) < 4.78 is 16.9. The zero-order chi connectivity index (χ0) is 20.6. The first-order chi connectivity index (χ1) is 14.0. The molecule has 0 saturated carbocycles. The zero-order valence-electron chi connectivity index (χ0n) is 17.6. The monoisotopic (exact) mass is 386 g/mol. The Morgan fingerprint density at radius 1 is 0.759 bits per heavy atom. The minimum atomic E-state index is -0.240. The van der Waals surface area contributed by atoms with Gasteiger partial charge in [-0.05, 0) is 36.1 Å². The molecule has 0 fully saturated rings. The lowest BCUT2D eigenvalue weighted by atomic mass is 9.78. The smallest absolute Gasteiger partial charge is 0.134 e. The first kappa shape index (κ1) is 19.1. The van der Waals surface area contributed by atoms with Gasteiger partial charge in [0.25, 0.3) is 0 Å². The number of hydrogen-bond acceptors (Lipinski definition) is 3. The van der Waals surface area contributed by atoms with Crippen molar-refractivity contribution in [2.24, 2.45) is 0 Å².